The van der Waals surface area contributed by atoms with E-state index in [1.54, 1.807) is 13.2 Å². The zero-order chi connectivity index (χ0) is 24.4. The first-order chi connectivity index (χ1) is 16.2. The molecule has 0 aromatic heterocycles. The lowest BCUT2D eigenvalue weighted by Crippen LogP contribution is -2.10. The highest BCUT2D eigenvalue weighted by Crippen LogP contribution is 2.20. The molecule has 0 heterocycles. The largest absolute Gasteiger partial charge is 0.500 e. The van der Waals surface area contributed by atoms with Gasteiger partial charge in [0.25, 0.3) is 0 Å². The molecule has 0 fully saturated rings. The van der Waals surface area contributed by atoms with Crippen LogP contribution in [0.2, 0.25) is 0 Å². The van der Waals surface area contributed by atoms with Crippen molar-refractivity contribution >= 4 is 5.97 Å². The van der Waals surface area contributed by atoms with Crippen molar-refractivity contribution in [3.63, 3.8) is 0 Å². The van der Waals surface area contributed by atoms with Gasteiger partial charge in [-0.2, -0.15) is 0 Å². The molecule has 33 heavy (non-hydrogen) atoms. The van der Waals surface area contributed by atoms with Gasteiger partial charge >= 0.3 is 5.97 Å². The first kappa shape index (κ1) is 32.0. The van der Waals surface area contributed by atoms with Gasteiger partial charge in [0.15, 0.2) is 0 Å². The van der Waals surface area contributed by atoms with E-state index in [0.29, 0.717) is 18.1 Å². The minimum Gasteiger partial charge on any atom is -0.500 e. The van der Waals surface area contributed by atoms with Crippen molar-refractivity contribution in [1.82, 2.24) is 0 Å². The van der Waals surface area contributed by atoms with Crippen molar-refractivity contribution in [3.05, 3.63) is 11.8 Å². The van der Waals surface area contributed by atoms with Crippen LogP contribution in [0.5, 0.6) is 0 Å². The molecule has 0 aromatic carbocycles. The molecule has 1 atom stereocenters. The zero-order valence-electron chi connectivity index (χ0n) is 22.9. The quantitative estimate of drug-likeness (QED) is 0.0581. The highest BCUT2D eigenvalue weighted by atomic mass is 16.5. The molecule has 0 bridgehead atoms. The molecular weight excluding hydrogens is 408 g/mol. The first-order valence-electron chi connectivity index (χ1n) is 14.6. The lowest BCUT2D eigenvalue weighted by Gasteiger charge is -2.17. The SMILES string of the molecule is CCCCCCCCCCCCC(CCCCCCCCCC)COC=C(C)C(=O)OCC. The van der Waals surface area contributed by atoms with Gasteiger partial charge in [-0.3, -0.25) is 0 Å². The van der Waals surface area contributed by atoms with Gasteiger partial charge in [-0.15, -0.1) is 0 Å². The molecule has 196 valence electrons. The van der Waals surface area contributed by atoms with E-state index in [0.717, 1.165) is 6.61 Å². The summed E-state index contributed by atoms with van der Waals surface area (Å²) in [6.45, 7) is 9.30. The van der Waals surface area contributed by atoms with Crippen molar-refractivity contribution in [2.45, 2.75) is 156 Å². The normalized spacial score (nSPS) is 12.7. The zero-order valence-corrected chi connectivity index (χ0v) is 22.9. The van der Waals surface area contributed by atoms with E-state index in [2.05, 4.69) is 13.8 Å². The Morgan fingerprint density at radius 3 is 1.42 bits per heavy atom. The molecule has 0 aliphatic heterocycles. The van der Waals surface area contributed by atoms with Gasteiger partial charge in [-0.25, -0.2) is 4.79 Å². The second kappa shape index (κ2) is 25.6. The maximum absolute atomic E-state index is 11.8. The molecule has 1 unspecified atom stereocenters. The summed E-state index contributed by atoms with van der Waals surface area (Å²) in [5.74, 6) is 0.331. The molecule has 0 aliphatic rings. The van der Waals surface area contributed by atoms with Gasteiger partial charge in [0.05, 0.1) is 25.0 Å². The Bertz CT molecular complexity index is 444. The Balaban J connectivity index is 4.11. The first-order valence-corrected chi connectivity index (χ1v) is 14.6. The number of rotatable bonds is 25. The molecule has 0 spiro atoms. The molecule has 3 heteroatoms. The predicted molar refractivity (Wildman–Crippen MR) is 144 cm³/mol. The second-order valence-electron chi connectivity index (χ2n) is 9.95. The Morgan fingerprint density at radius 1 is 0.636 bits per heavy atom. The standard InChI is InChI=1S/C30H58O3/c1-5-8-10-12-14-16-17-19-21-23-25-29(24-22-20-18-15-13-11-9-6-2)27-32-26-28(4)30(31)33-7-3/h26,29H,5-25,27H2,1-4H3. The fourth-order valence-corrected chi connectivity index (χ4v) is 4.40. The lowest BCUT2D eigenvalue weighted by molar-refractivity contribution is -0.138. The average Bonchev–Trinajstić information content (AvgIpc) is 2.81. The van der Waals surface area contributed by atoms with Crippen molar-refractivity contribution in [1.29, 1.82) is 0 Å². The summed E-state index contributed by atoms with van der Waals surface area (Å²) >= 11 is 0. The summed E-state index contributed by atoms with van der Waals surface area (Å²) in [5, 5.41) is 0. The molecule has 0 saturated heterocycles. The summed E-state index contributed by atoms with van der Waals surface area (Å²) in [7, 11) is 0. The maximum atomic E-state index is 11.8. The summed E-state index contributed by atoms with van der Waals surface area (Å²) in [5.41, 5.74) is 0.557. The van der Waals surface area contributed by atoms with E-state index in [1.165, 1.54) is 128 Å². The van der Waals surface area contributed by atoms with E-state index in [4.69, 9.17) is 9.47 Å². The fourth-order valence-electron chi connectivity index (χ4n) is 4.40. The molecular formula is C30H58O3. The van der Waals surface area contributed by atoms with Crippen molar-refractivity contribution in [2.75, 3.05) is 13.2 Å². The highest BCUT2D eigenvalue weighted by Gasteiger charge is 2.10. The van der Waals surface area contributed by atoms with Crippen LogP contribution in [0.3, 0.4) is 0 Å². The molecule has 0 rings (SSSR count). The van der Waals surface area contributed by atoms with Crippen molar-refractivity contribution < 1.29 is 14.3 Å². The van der Waals surface area contributed by atoms with E-state index in [9.17, 15) is 4.79 Å². The molecule has 0 aromatic rings. The van der Waals surface area contributed by atoms with Crippen LogP contribution in [0.15, 0.2) is 11.8 Å². The highest BCUT2D eigenvalue weighted by molar-refractivity contribution is 5.87. The topological polar surface area (TPSA) is 35.5 Å². The van der Waals surface area contributed by atoms with Gasteiger partial charge in [-0.05, 0) is 32.6 Å². The van der Waals surface area contributed by atoms with Crippen LogP contribution in [0, 0.1) is 5.92 Å². The third-order valence-electron chi connectivity index (χ3n) is 6.62. The van der Waals surface area contributed by atoms with Crippen LogP contribution in [-0.4, -0.2) is 19.2 Å². The van der Waals surface area contributed by atoms with Crippen LogP contribution >= 0.6 is 0 Å². The molecule has 0 aliphatic carbocycles. The van der Waals surface area contributed by atoms with Gasteiger partial charge < -0.3 is 9.47 Å². The average molecular weight is 467 g/mol. The van der Waals surface area contributed by atoms with Gasteiger partial charge in [0.2, 0.25) is 0 Å². The van der Waals surface area contributed by atoms with E-state index in [-0.39, 0.29) is 5.97 Å². The number of hydrogen-bond donors (Lipinski definition) is 0. The lowest BCUT2D eigenvalue weighted by atomic mass is 9.94. The molecule has 0 radical (unpaired) electrons. The van der Waals surface area contributed by atoms with E-state index in [1.807, 2.05) is 6.92 Å². The number of esters is 1. The summed E-state index contributed by atoms with van der Waals surface area (Å²) < 4.78 is 10.9. The Hall–Kier alpha value is -0.990. The summed E-state index contributed by atoms with van der Waals surface area (Å²) in [6, 6.07) is 0. The Morgan fingerprint density at radius 2 is 1.03 bits per heavy atom. The molecule has 0 N–H and O–H groups in total. The maximum Gasteiger partial charge on any atom is 0.336 e. The predicted octanol–water partition coefficient (Wildman–Crippen LogP) is 9.93. The van der Waals surface area contributed by atoms with Gasteiger partial charge in [0.1, 0.15) is 0 Å². The Labute approximate surface area is 207 Å². The minimum absolute atomic E-state index is 0.271. The van der Waals surface area contributed by atoms with Crippen LogP contribution in [0.25, 0.3) is 0 Å². The number of carbonyl (C=O) groups excluding carboxylic acids is 1. The molecule has 0 saturated carbocycles. The molecule has 3 nitrogen and oxygen atoms in total. The third kappa shape index (κ3) is 22.6. The van der Waals surface area contributed by atoms with Crippen LogP contribution < -0.4 is 0 Å². The summed E-state index contributed by atoms with van der Waals surface area (Å²) in [4.78, 5) is 11.8. The van der Waals surface area contributed by atoms with E-state index < -0.39 is 0 Å². The van der Waals surface area contributed by atoms with Crippen LogP contribution in [0.1, 0.15) is 156 Å². The number of unbranched alkanes of at least 4 members (excludes halogenated alkanes) is 16. The van der Waals surface area contributed by atoms with Crippen LogP contribution in [0.4, 0.5) is 0 Å². The van der Waals surface area contributed by atoms with E-state index >= 15 is 0 Å². The minimum atomic E-state index is -0.271. The number of ether oxygens (including phenoxy) is 2. The number of carbonyl (C=O) groups is 1. The number of hydrogen-bond acceptors (Lipinski definition) is 3. The Kier molecular flexibility index (Phi) is 24.9. The third-order valence-corrected chi connectivity index (χ3v) is 6.62. The summed E-state index contributed by atoms with van der Waals surface area (Å²) in [6.07, 6.45) is 28.9. The van der Waals surface area contributed by atoms with Gasteiger partial charge in [0, 0.05) is 0 Å². The van der Waals surface area contributed by atoms with Crippen molar-refractivity contribution in [2.24, 2.45) is 5.92 Å². The van der Waals surface area contributed by atoms with Gasteiger partial charge in [-0.1, -0.05) is 129 Å². The van der Waals surface area contributed by atoms with Crippen molar-refractivity contribution in [3.8, 4) is 0 Å². The molecule has 0 amide bonds. The smallest absolute Gasteiger partial charge is 0.336 e. The monoisotopic (exact) mass is 466 g/mol. The van der Waals surface area contributed by atoms with Crippen LogP contribution in [-0.2, 0) is 14.3 Å². The fraction of sp³-hybridized carbons (Fsp3) is 0.900. The second-order valence-corrected chi connectivity index (χ2v) is 9.95.